The molecule has 0 heterocycles. The van der Waals surface area contributed by atoms with E-state index in [-0.39, 0.29) is 5.78 Å². The van der Waals surface area contributed by atoms with Crippen LogP contribution in [-0.2, 0) is 4.79 Å². The van der Waals surface area contributed by atoms with Gasteiger partial charge in [-0.3, -0.25) is 14.9 Å². The van der Waals surface area contributed by atoms with Crippen molar-refractivity contribution in [1.29, 1.82) is 0 Å². The van der Waals surface area contributed by atoms with Crippen LogP contribution < -0.4 is 15.4 Å². The van der Waals surface area contributed by atoms with Gasteiger partial charge in [0.25, 0.3) is 5.91 Å². The molecule has 130 valence electrons. The second kappa shape index (κ2) is 8.30. The third-order valence-corrected chi connectivity index (χ3v) is 3.62. The highest BCUT2D eigenvalue weighted by Gasteiger charge is 2.17. The summed E-state index contributed by atoms with van der Waals surface area (Å²) >= 11 is 5.81. The predicted molar refractivity (Wildman–Crippen MR) is 94.0 cm³/mol. The van der Waals surface area contributed by atoms with Crippen molar-refractivity contribution in [3.63, 3.8) is 0 Å². The smallest absolute Gasteiger partial charge is 0.321 e. The molecule has 2 N–H and O–H groups in total. The number of ether oxygens (including phenoxy) is 1. The molecular weight excluding hydrogens is 344 g/mol. The van der Waals surface area contributed by atoms with Crippen LogP contribution >= 0.6 is 11.6 Å². The summed E-state index contributed by atoms with van der Waals surface area (Å²) in [6, 6.07) is 12.4. The van der Waals surface area contributed by atoms with Crippen LogP contribution in [0.1, 0.15) is 22.8 Å². The molecule has 25 heavy (non-hydrogen) atoms. The van der Waals surface area contributed by atoms with Crippen LogP contribution in [0.4, 0.5) is 4.79 Å². The first kappa shape index (κ1) is 18.5. The van der Waals surface area contributed by atoms with Crippen LogP contribution in [0.2, 0.25) is 5.02 Å². The number of amides is 3. The Bertz CT molecular complexity index is 773. The summed E-state index contributed by atoms with van der Waals surface area (Å²) in [6.45, 7) is 1.52. The van der Waals surface area contributed by atoms with Gasteiger partial charge in [0.15, 0.2) is 11.9 Å². The molecule has 0 saturated carbocycles. The number of carbonyl (C=O) groups excluding carboxylic acids is 3. The number of ketones is 1. The molecule has 0 saturated heterocycles. The summed E-state index contributed by atoms with van der Waals surface area (Å²) in [5, 5.41) is 4.97. The van der Waals surface area contributed by atoms with Crippen molar-refractivity contribution in [3.8, 4) is 5.75 Å². The van der Waals surface area contributed by atoms with Crippen LogP contribution in [-0.4, -0.2) is 30.9 Å². The van der Waals surface area contributed by atoms with E-state index in [1.165, 1.54) is 14.0 Å². The minimum Gasteiger partial charge on any atom is -0.481 e. The first-order valence-corrected chi connectivity index (χ1v) is 7.88. The molecule has 7 heteroatoms. The van der Waals surface area contributed by atoms with Gasteiger partial charge in [-0.15, -0.1) is 0 Å². The fourth-order valence-electron chi connectivity index (χ4n) is 1.99. The largest absolute Gasteiger partial charge is 0.481 e. The van der Waals surface area contributed by atoms with Crippen LogP contribution in [0.5, 0.6) is 5.75 Å². The van der Waals surface area contributed by atoms with E-state index in [1.54, 1.807) is 48.5 Å². The fourth-order valence-corrected chi connectivity index (χ4v) is 2.11. The highest BCUT2D eigenvalue weighted by Crippen LogP contribution is 2.18. The summed E-state index contributed by atoms with van der Waals surface area (Å²) < 4.78 is 5.46. The van der Waals surface area contributed by atoms with Crippen LogP contribution in [0.25, 0.3) is 0 Å². The second-order valence-corrected chi connectivity index (χ2v) is 5.63. The van der Waals surface area contributed by atoms with Gasteiger partial charge in [0.2, 0.25) is 0 Å². The number of hydrogen-bond acceptors (Lipinski definition) is 4. The summed E-state index contributed by atoms with van der Waals surface area (Å²) in [4.78, 5) is 35.2. The van der Waals surface area contributed by atoms with Gasteiger partial charge >= 0.3 is 6.03 Å². The van der Waals surface area contributed by atoms with Gasteiger partial charge in [-0.25, -0.2) is 4.79 Å². The zero-order valence-electron chi connectivity index (χ0n) is 13.7. The van der Waals surface area contributed by atoms with Gasteiger partial charge < -0.3 is 10.1 Å². The van der Waals surface area contributed by atoms with Gasteiger partial charge in [-0.1, -0.05) is 11.6 Å². The Hall–Kier alpha value is -2.86. The van der Waals surface area contributed by atoms with Gasteiger partial charge in [0.05, 0.1) is 0 Å². The van der Waals surface area contributed by atoms with Crippen molar-refractivity contribution in [1.82, 2.24) is 10.6 Å². The molecule has 0 fully saturated rings. The summed E-state index contributed by atoms with van der Waals surface area (Å²) in [5.41, 5.74) is 1.01. The topological polar surface area (TPSA) is 84.5 Å². The zero-order valence-corrected chi connectivity index (χ0v) is 14.5. The first-order valence-electron chi connectivity index (χ1n) is 7.50. The minimum absolute atomic E-state index is 0.145. The number of imide groups is 1. The molecule has 0 aliphatic rings. The quantitative estimate of drug-likeness (QED) is 0.803. The van der Waals surface area contributed by atoms with Gasteiger partial charge in [0, 0.05) is 23.2 Å². The Morgan fingerprint density at radius 3 is 2.00 bits per heavy atom. The number of benzene rings is 2. The molecule has 2 rings (SSSR count). The molecule has 0 aliphatic heterocycles. The lowest BCUT2D eigenvalue weighted by atomic mass is 10.0. The summed E-state index contributed by atoms with van der Waals surface area (Å²) in [7, 11) is 1.41. The highest BCUT2D eigenvalue weighted by molar-refractivity contribution is 6.30. The van der Waals surface area contributed by atoms with Gasteiger partial charge in [0.1, 0.15) is 5.75 Å². The lowest BCUT2D eigenvalue weighted by molar-refractivity contribution is -0.126. The summed E-state index contributed by atoms with van der Waals surface area (Å²) in [6.07, 6.45) is -0.866. The third kappa shape index (κ3) is 5.06. The van der Waals surface area contributed by atoms with Crippen molar-refractivity contribution < 1.29 is 19.1 Å². The van der Waals surface area contributed by atoms with Crippen molar-refractivity contribution in [3.05, 3.63) is 64.7 Å². The maximum atomic E-state index is 12.4. The van der Waals surface area contributed by atoms with Crippen molar-refractivity contribution in [2.24, 2.45) is 0 Å². The highest BCUT2D eigenvalue weighted by atomic mass is 35.5. The summed E-state index contributed by atoms with van der Waals surface area (Å²) in [5.74, 6) is -0.304. The standard InChI is InChI=1S/C18H17ClN2O4/c1-11(17(23)21-18(24)20-2)25-15-9-5-13(6-10-15)16(22)12-3-7-14(19)8-4-12/h3-11H,1-2H3,(H2,20,21,23,24)/t11-/m0/s1. The van der Waals surface area contributed by atoms with Crippen LogP contribution in [0.3, 0.4) is 0 Å². The maximum absolute atomic E-state index is 12.4. The Morgan fingerprint density at radius 2 is 1.48 bits per heavy atom. The molecule has 2 aromatic carbocycles. The van der Waals surface area contributed by atoms with Gasteiger partial charge in [-0.05, 0) is 55.5 Å². The number of nitrogens with one attached hydrogen (secondary N) is 2. The van der Waals surface area contributed by atoms with Crippen LogP contribution in [0, 0.1) is 0 Å². The first-order chi connectivity index (χ1) is 11.9. The molecule has 1 atom stereocenters. The van der Waals surface area contributed by atoms with E-state index in [1.807, 2.05) is 0 Å². The number of carbonyl (C=O) groups is 3. The second-order valence-electron chi connectivity index (χ2n) is 5.19. The molecular formula is C18H17ClN2O4. The zero-order chi connectivity index (χ0) is 18.4. The molecule has 2 aromatic rings. The monoisotopic (exact) mass is 360 g/mol. The van der Waals surface area contributed by atoms with Crippen molar-refractivity contribution >= 4 is 29.3 Å². The third-order valence-electron chi connectivity index (χ3n) is 3.37. The number of urea groups is 1. The Morgan fingerprint density at radius 1 is 0.960 bits per heavy atom. The number of hydrogen-bond donors (Lipinski definition) is 2. The van der Waals surface area contributed by atoms with E-state index in [4.69, 9.17) is 16.3 Å². The molecule has 0 radical (unpaired) electrons. The van der Waals surface area contributed by atoms with Crippen molar-refractivity contribution in [2.45, 2.75) is 13.0 Å². The Kier molecular flexibility index (Phi) is 6.14. The normalized spacial score (nSPS) is 11.3. The predicted octanol–water partition coefficient (Wildman–Crippen LogP) is 2.79. The van der Waals surface area contributed by atoms with E-state index in [0.717, 1.165) is 0 Å². The number of halogens is 1. The maximum Gasteiger partial charge on any atom is 0.321 e. The van der Waals surface area contributed by atoms with E-state index >= 15 is 0 Å². The molecule has 0 bridgehead atoms. The van der Waals surface area contributed by atoms with E-state index < -0.39 is 18.0 Å². The van der Waals surface area contributed by atoms with E-state index in [9.17, 15) is 14.4 Å². The lowest BCUT2D eigenvalue weighted by Crippen LogP contribution is -2.43. The Labute approximate surface area is 150 Å². The molecule has 0 aliphatic carbocycles. The van der Waals surface area contributed by atoms with Gasteiger partial charge in [-0.2, -0.15) is 0 Å². The Balaban J connectivity index is 2.02. The van der Waals surface area contributed by atoms with E-state index in [2.05, 4.69) is 10.6 Å². The van der Waals surface area contributed by atoms with Crippen molar-refractivity contribution in [2.75, 3.05) is 7.05 Å². The average Bonchev–Trinajstić information content (AvgIpc) is 2.62. The molecule has 0 unspecified atom stereocenters. The molecule has 0 spiro atoms. The molecule has 0 aromatic heterocycles. The fraction of sp³-hybridized carbons (Fsp3) is 0.167. The molecule has 3 amide bonds. The average molecular weight is 361 g/mol. The van der Waals surface area contributed by atoms with Crippen LogP contribution in [0.15, 0.2) is 48.5 Å². The molecule has 6 nitrogen and oxygen atoms in total. The lowest BCUT2D eigenvalue weighted by Gasteiger charge is -2.14. The van der Waals surface area contributed by atoms with E-state index in [0.29, 0.717) is 21.9 Å². The minimum atomic E-state index is -0.866. The number of rotatable bonds is 5. The SMILES string of the molecule is CNC(=O)NC(=O)[C@H](C)Oc1ccc(C(=O)c2ccc(Cl)cc2)cc1.